The second-order valence-corrected chi connectivity index (χ2v) is 5.29. The summed E-state index contributed by atoms with van der Waals surface area (Å²) in [4.78, 5) is 12.8. The van der Waals surface area contributed by atoms with Crippen molar-refractivity contribution in [2.45, 2.75) is 39.0 Å². The molecule has 1 aromatic carbocycles. The van der Waals surface area contributed by atoms with Crippen molar-refractivity contribution in [1.29, 1.82) is 0 Å². The van der Waals surface area contributed by atoms with Gasteiger partial charge in [0.1, 0.15) is 5.69 Å². The zero-order chi connectivity index (χ0) is 14.7. The number of nitro groups is 1. The molecule has 2 N–H and O–H groups in total. The average Bonchev–Trinajstić information content (AvgIpc) is 2.41. The first-order valence-electron chi connectivity index (χ1n) is 6.89. The SMILES string of the molecule is CCC1COC(C)CN1Cc1ccc(N)c([N+](=O)[O-])c1. The lowest BCUT2D eigenvalue weighted by Crippen LogP contribution is -2.47. The molecule has 20 heavy (non-hydrogen) atoms. The van der Waals surface area contributed by atoms with E-state index in [1.807, 2.05) is 13.0 Å². The number of nitrogens with two attached hydrogens (primary N) is 1. The predicted octanol–water partition coefficient (Wildman–Crippen LogP) is 2.18. The summed E-state index contributed by atoms with van der Waals surface area (Å²) < 4.78 is 5.66. The van der Waals surface area contributed by atoms with Gasteiger partial charge in [-0.2, -0.15) is 0 Å². The first-order chi connectivity index (χ1) is 9.51. The average molecular weight is 279 g/mol. The molecule has 0 bridgehead atoms. The van der Waals surface area contributed by atoms with Gasteiger partial charge in [0, 0.05) is 25.2 Å². The highest BCUT2D eigenvalue weighted by atomic mass is 16.6. The molecule has 1 aliphatic rings. The fourth-order valence-corrected chi connectivity index (χ4v) is 2.56. The van der Waals surface area contributed by atoms with Crippen LogP contribution in [0.1, 0.15) is 25.8 Å². The first-order valence-corrected chi connectivity index (χ1v) is 6.89. The number of benzene rings is 1. The highest BCUT2D eigenvalue weighted by Crippen LogP contribution is 2.24. The molecule has 0 spiro atoms. The van der Waals surface area contributed by atoms with Crippen LogP contribution in [-0.4, -0.2) is 35.1 Å². The maximum atomic E-state index is 10.9. The minimum atomic E-state index is -0.432. The molecule has 0 amide bonds. The van der Waals surface area contributed by atoms with Gasteiger partial charge in [-0.3, -0.25) is 15.0 Å². The Morgan fingerprint density at radius 2 is 2.30 bits per heavy atom. The van der Waals surface area contributed by atoms with Gasteiger partial charge in [-0.1, -0.05) is 13.0 Å². The van der Waals surface area contributed by atoms with Gasteiger partial charge in [0.15, 0.2) is 0 Å². The van der Waals surface area contributed by atoms with Crippen LogP contribution in [0.4, 0.5) is 11.4 Å². The molecule has 0 aromatic heterocycles. The van der Waals surface area contributed by atoms with Crippen LogP contribution >= 0.6 is 0 Å². The van der Waals surface area contributed by atoms with E-state index in [-0.39, 0.29) is 17.5 Å². The van der Waals surface area contributed by atoms with Gasteiger partial charge in [-0.15, -0.1) is 0 Å². The smallest absolute Gasteiger partial charge is 0.292 e. The number of nitrogen functional groups attached to an aromatic ring is 1. The monoisotopic (exact) mass is 279 g/mol. The molecular weight excluding hydrogens is 258 g/mol. The van der Waals surface area contributed by atoms with Crippen molar-refractivity contribution in [3.05, 3.63) is 33.9 Å². The zero-order valence-corrected chi connectivity index (χ0v) is 11.9. The Morgan fingerprint density at radius 3 is 2.95 bits per heavy atom. The molecule has 0 aliphatic carbocycles. The summed E-state index contributed by atoms with van der Waals surface area (Å²) in [6.45, 7) is 6.42. The molecule has 1 aromatic rings. The maximum Gasteiger partial charge on any atom is 0.292 e. The van der Waals surface area contributed by atoms with E-state index in [2.05, 4.69) is 11.8 Å². The van der Waals surface area contributed by atoms with Crippen LogP contribution in [0.3, 0.4) is 0 Å². The number of rotatable bonds is 4. The van der Waals surface area contributed by atoms with E-state index in [0.29, 0.717) is 19.2 Å². The largest absolute Gasteiger partial charge is 0.393 e. The quantitative estimate of drug-likeness (QED) is 0.519. The number of nitrogens with zero attached hydrogens (tertiary/aromatic N) is 2. The topological polar surface area (TPSA) is 81.6 Å². The second kappa shape index (κ2) is 6.19. The van der Waals surface area contributed by atoms with Crippen LogP contribution in [0, 0.1) is 10.1 Å². The highest BCUT2D eigenvalue weighted by molar-refractivity contribution is 5.59. The van der Waals surface area contributed by atoms with Crippen LogP contribution in [-0.2, 0) is 11.3 Å². The molecule has 6 nitrogen and oxygen atoms in total. The van der Waals surface area contributed by atoms with Crippen molar-refractivity contribution in [3.63, 3.8) is 0 Å². The van der Waals surface area contributed by atoms with Gasteiger partial charge >= 0.3 is 0 Å². The Labute approximate surface area is 118 Å². The van der Waals surface area contributed by atoms with Crippen molar-refractivity contribution in [3.8, 4) is 0 Å². The number of hydrogen-bond donors (Lipinski definition) is 1. The van der Waals surface area contributed by atoms with Crippen molar-refractivity contribution in [2.75, 3.05) is 18.9 Å². The molecule has 110 valence electrons. The maximum absolute atomic E-state index is 10.9. The summed E-state index contributed by atoms with van der Waals surface area (Å²) in [6, 6.07) is 5.40. The standard InChI is InChI=1S/C14H21N3O3/c1-3-12-9-20-10(2)7-16(12)8-11-4-5-13(15)14(6-11)17(18)19/h4-6,10,12H,3,7-9,15H2,1-2H3. The molecule has 1 fully saturated rings. The van der Waals surface area contributed by atoms with Gasteiger partial charge in [-0.05, 0) is 25.0 Å². The third kappa shape index (κ3) is 3.26. The van der Waals surface area contributed by atoms with E-state index in [1.165, 1.54) is 0 Å². The van der Waals surface area contributed by atoms with E-state index < -0.39 is 4.92 Å². The van der Waals surface area contributed by atoms with Crippen LogP contribution < -0.4 is 5.73 Å². The van der Waals surface area contributed by atoms with Crippen molar-refractivity contribution in [2.24, 2.45) is 0 Å². The van der Waals surface area contributed by atoms with Gasteiger partial charge in [-0.25, -0.2) is 0 Å². The number of anilines is 1. The molecule has 1 saturated heterocycles. The normalized spacial score (nSPS) is 23.7. The summed E-state index contributed by atoms with van der Waals surface area (Å²) in [7, 11) is 0. The molecule has 2 rings (SSSR count). The van der Waals surface area contributed by atoms with E-state index >= 15 is 0 Å². The van der Waals surface area contributed by atoms with Crippen LogP contribution in [0.15, 0.2) is 18.2 Å². The van der Waals surface area contributed by atoms with Gasteiger partial charge in [0.05, 0.1) is 17.6 Å². The number of hydrogen-bond acceptors (Lipinski definition) is 5. The van der Waals surface area contributed by atoms with Crippen LogP contribution in [0.2, 0.25) is 0 Å². The van der Waals surface area contributed by atoms with E-state index in [0.717, 1.165) is 18.5 Å². The molecule has 2 unspecified atom stereocenters. The fourth-order valence-electron chi connectivity index (χ4n) is 2.56. The molecule has 2 atom stereocenters. The number of morpholine rings is 1. The highest BCUT2D eigenvalue weighted by Gasteiger charge is 2.26. The summed E-state index contributed by atoms with van der Waals surface area (Å²) in [5.74, 6) is 0. The number of nitro benzene ring substituents is 1. The third-order valence-corrected chi connectivity index (χ3v) is 3.73. The lowest BCUT2D eigenvalue weighted by molar-refractivity contribution is -0.384. The van der Waals surface area contributed by atoms with Crippen molar-refractivity contribution in [1.82, 2.24) is 4.90 Å². The Kier molecular flexibility index (Phi) is 4.57. The summed E-state index contributed by atoms with van der Waals surface area (Å²) >= 11 is 0. The molecule has 0 saturated carbocycles. The Hall–Kier alpha value is -1.66. The molecular formula is C14H21N3O3. The van der Waals surface area contributed by atoms with E-state index in [1.54, 1.807) is 12.1 Å². The summed E-state index contributed by atoms with van der Waals surface area (Å²) in [5.41, 5.74) is 6.73. The Morgan fingerprint density at radius 1 is 1.55 bits per heavy atom. The Balaban J connectivity index is 2.15. The van der Waals surface area contributed by atoms with E-state index in [9.17, 15) is 10.1 Å². The minimum absolute atomic E-state index is 0.0168. The minimum Gasteiger partial charge on any atom is -0.393 e. The van der Waals surface area contributed by atoms with Crippen LogP contribution in [0.25, 0.3) is 0 Å². The zero-order valence-electron chi connectivity index (χ0n) is 11.9. The lowest BCUT2D eigenvalue weighted by Gasteiger charge is -2.38. The summed E-state index contributed by atoms with van der Waals surface area (Å²) in [5, 5.41) is 10.9. The Bertz CT molecular complexity index is 493. The van der Waals surface area contributed by atoms with Crippen molar-refractivity contribution < 1.29 is 9.66 Å². The fraction of sp³-hybridized carbons (Fsp3) is 0.571. The van der Waals surface area contributed by atoms with Crippen LogP contribution in [0.5, 0.6) is 0 Å². The third-order valence-electron chi connectivity index (χ3n) is 3.73. The first kappa shape index (κ1) is 14.7. The molecule has 0 radical (unpaired) electrons. The molecule has 1 aliphatic heterocycles. The summed E-state index contributed by atoms with van der Waals surface area (Å²) in [6.07, 6.45) is 1.20. The van der Waals surface area contributed by atoms with Gasteiger partial charge in [0.25, 0.3) is 5.69 Å². The number of ether oxygens (including phenoxy) is 1. The lowest BCUT2D eigenvalue weighted by atomic mass is 10.1. The molecule has 1 heterocycles. The van der Waals surface area contributed by atoms with Crippen molar-refractivity contribution >= 4 is 11.4 Å². The molecule has 6 heteroatoms. The van der Waals surface area contributed by atoms with E-state index in [4.69, 9.17) is 10.5 Å². The second-order valence-electron chi connectivity index (χ2n) is 5.29. The van der Waals surface area contributed by atoms with Gasteiger partial charge < -0.3 is 10.5 Å². The van der Waals surface area contributed by atoms with Gasteiger partial charge in [0.2, 0.25) is 0 Å². The predicted molar refractivity (Wildman–Crippen MR) is 77.4 cm³/mol.